The van der Waals surface area contributed by atoms with E-state index in [1.165, 1.54) is 12.1 Å². The molecule has 1 heterocycles. The van der Waals surface area contributed by atoms with E-state index in [1.807, 2.05) is 0 Å². The Bertz CT molecular complexity index is 1090. The van der Waals surface area contributed by atoms with Crippen molar-refractivity contribution in [1.82, 2.24) is 15.5 Å². The van der Waals surface area contributed by atoms with E-state index in [2.05, 4.69) is 15.6 Å². The molecule has 15 heteroatoms. The average Bonchev–Trinajstić information content (AvgIpc) is 3.39. The Morgan fingerprint density at radius 2 is 1.65 bits per heavy atom. The number of phenolic OH excluding ortho intramolecular Hbond substituents is 1. The molecule has 40 heavy (non-hydrogen) atoms. The Labute approximate surface area is 231 Å². The number of carboxylic acids is 1. The van der Waals surface area contributed by atoms with Crippen molar-refractivity contribution < 1.29 is 34.2 Å². The Morgan fingerprint density at radius 3 is 2.25 bits per heavy atom. The first kappa shape index (κ1) is 31.8. The van der Waals surface area contributed by atoms with E-state index < -0.39 is 53.8 Å². The van der Waals surface area contributed by atoms with E-state index in [1.54, 1.807) is 12.1 Å². The summed E-state index contributed by atoms with van der Waals surface area (Å²) in [5.74, 6) is -3.98. The lowest BCUT2D eigenvalue weighted by Crippen LogP contribution is -2.57. The molecule has 1 aromatic carbocycles. The Hall–Kier alpha value is -4.40. The van der Waals surface area contributed by atoms with Crippen molar-refractivity contribution in [2.45, 2.75) is 69.1 Å². The number of aromatic hydroxyl groups is 1. The normalized spacial score (nSPS) is 16.8. The number of aliphatic carboxylic acids is 1. The molecular weight excluding hydrogens is 524 g/mol. The van der Waals surface area contributed by atoms with Crippen LogP contribution in [0.4, 0.5) is 0 Å². The monoisotopic (exact) mass is 562 g/mol. The second kappa shape index (κ2) is 15.3. The zero-order valence-electron chi connectivity index (χ0n) is 22.1. The molecule has 1 aromatic rings. The van der Waals surface area contributed by atoms with Crippen molar-refractivity contribution in [3.63, 3.8) is 0 Å². The van der Waals surface area contributed by atoms with Crippen LogP contribution in [0, 0.1) is 0 Å². The van der Waals surface area contributed by atoms with Crippen LogP contribution >= 0.6 is 0 Å². The fourth-order valence-corrected chi connectivity index (χ4v) is 4.33. The van der Waals surface area contributed by atoms with Gasteiger partial charge in [0, 0.05) is 19.5 Å². The molecule has 1 aliphatic rings. The summed E-state index contributed by atoms with van der Waals surface area (Å²) in [6.07, 6.45) is 0.843. The second-order valence-corrected chi connectivity index (χ2v) is 9.58. The highest BCUT2D eigenvalue weighted by atomic mass is 16.4. The van der Waals surface area contributed by atoms with Crippen LogP contribution in [0.25, 0.3) is 0 Å². The lowest BCUT2D eigenvalue weighted by molar-refractivity contribution is -0.149. The van der Waals surface area contributed by atoms with Gasteiger partial charge in [-0.25, -0.2) is 4.79 Å². The minimum Gasteiger partial charge on any atom is -0.508 e. The number of hydrogen-bond acceptors (Lipinski definition) is 8. The van der Waals surface area contributed by atoms with Crippen molar-refractivity contribution in [3.05, 3.63) is 29.8 Å². The van der Waals surface area contributed by atoms with Gasteiger partial charge in [-0.05, 0) is 56.2 Å². The van der Waals surface area contributed by atoms with Gasteiger partial charge in [0.15, 0.2) is 5.96 Å². The molecule has 2 rings (SSSR count). The van der Waals surface area contributed by atoms with Gasteiger partial charge in [-0.3, -0.25) is 24.2 Å². The number of nitrogens with one attached hydrogen (secondary N) is 2. The maximum atomic E-state index is 13.3. The summed E-state index contributed by atoms with van der Waals surface area (Å²) in [4.78, 5) is 67.5. The number of hydrogen-bond donors (Lipinski definition) is 8. The number of primary amides is 1. The molecule has 0 aliphatic carbocycles. The number of likely N-dealkylation sites (tertiary alicyclic amines) is 1. The van der Waals surface area contributed by atoms with Gasteiger partial charge in [-0.2, -0.15) is 0 Å². The Morgan fingerprint density at radius 1 is 1.00 bits per heavy atom. The van der Waals surface area contributed by atoms with Crippen LogP contribution in [0.1, 0.15) is 44.1 Å². The fourth-order valence-electron chi connectivity index (χ4n) is 4.33. The van der Waals surface area contributed by atoms with Gasteiger partial charge in [0.05, 0.1) is 6.04 Å². The Balaban J connectivity index is 2.18. The SMILES string of the molecule is NC(=O)CCC(NC(=O)C(CCCN=C(N)N)NC(=O)C(N)Cc1ccc(O)cc1)C(=O)N1CCCC1C(=O)O. The fraction of sp³-hybridized carbons (Fsp3) is 0.520. The molecule has 4 atom stereocenters. The molecule has 0 spiro atoms. The van der Waals surface area contributed by atoms with Gasteiger partial charge >= 0.3 is 5.97 Å². The van der Waals surface area contributed by atoms with Gasteiger partial charge in [0.2, 0.25) is 23.6 Å². The molecule has 0 radical (unpaired) electrons. The first-order valence-corrected chi connectivity index (χ1v) is 12.9. The number of guanidine groups is 1. The van der Waals surface area contributed by atoms with Gasteiger partial charge in [-0.15, -0.1) is 0 Å². The van der Waals surface area contributed by atoms with Crippen molar-refractivity contribution >= 4 is 35.6 Å². The van der Waals surface area contributed by atoms with Crippen LogP contribution in [-0.2, 0) is 30.4 Å². The number of phenols is 1. The first-order chi connectivity index (χ1) is 18.9. The summed E-state index contributed by atoms with van der Waals surface area (Å²) in [6, 6.07) is 1.66. The number of carboxylic acid groups (broad SMARTS) is 1. The topological polar surface area (TPSA) is 270 Å². The predicted octanol–water partition coefficient (Wildman–Crippen LogP) is -2.37. The van der Waals surface area contributed by atoms with Crippen molar-refractivity contribution in [2.75, 3.05) is 13.1 Å². The summed E-state index contributed by atoms with van der Waals surface area (Å²) in [7, 11) is 0. The highest BCUT2D eigenvalue weighted by Crippen LogP contribution is 2.20. The summed E-state index contributed by atoms with van der Waals surface area (Å²) in [5, 5.41) is 24.1. The number of carbonyl (C=O) groups is 5. The number of aliphatic imine (C=N–C) groups is 1. The van der Waals surface area contributed by atoms with Crippen LogP contribution in [0.5, 0.6) is 5.75 Å². The summed E-state index contributed by atoms with van der Waals surface area (Å²) < 4.78 is 0. The van der Waals surface area contributed by atoms with E-state index in [0.29, 0.717) is 12.0 Å². The summed E-state index contributed by atoms with van der Waals surface area (Å²) in [5.41, 5.74) is 22.7. The molecule has 4 amide bonds. The molecule has 1 fully saturated rings. The molecule has 220 valence electrons. The summed E-state index contributed by atoms with van der Waals surface area (Å²) in [6.45, 7) is 0.350. The number of rotatable bonds is 15. The van der Waals surface area contributed by atoms with E-state index in [0.717, 1.165) is 4.90 Å². The van der Waals surface area contributed by atoms with Crippen LogP contribution in [0.3, 0.4) is 0 Å². The number of nitrogens with two attached hydrogens (primary N) is 4. The first-order valence-electron chi connectivity index (χ1n) is 12.9. The largest absolute Gasteiger partial charge is 0.508 e. The van der Waals surface area contributed by atoms with Gasteiger partial charge in [-0.1, -0.05) is 12.1 Å². The van der Waals surface area contributed by atoms with E-state index >= 15 is 0 Å². The number of amides is 4. The molecule has 0 aromatic heterocycles. The van der Waals surface area contributed by atoms with Crippen molar-refractivity contribution in [1.29, 1.82) is 0 Å². The van der Waals surface area contributed by atoms with Crippen LogP contribution in [0.15, 0.2) is 29.3 Å². The number of carbonyl (C=O) groups excluding carboxylic acids is 4. The third-order valence-electron chi connectivity index (χ3n) is 6.42. The third kappa shape index (κ3) is 10.1. The number of nitrogens with zero attached hydrogens (tertiary/aromatic N) is 2. The lowest BCUT2D eigenvalue weighted by atomic mass is 10.0. The standard InChI is InChI=1S/C25H38N8O7/c26-16(13-14-5-7-15(34)8-6-14)21(36)31-17(3-1-11-30-25(28)29)22(37)32-18(9-10-20(27)35)23(38)33-12-2-4-19(33)24(39)40/h5-8,16-19,34H,1-4,9-13,26H2,(H2,27,35)(H,31,36)(H,32,37)(H,39,40)(H4,28,29,30). The minimum absolute atomic E-state index is 0.0586. The van der Waals surface area contributed by atoms with Crippen LogP contribution in [-0.4, -0.2) is 87.9 Å². The lowest BCUT2D eigenvalue weighted by Gasteiger charge is -2.29. The molecule has 0 bridgehead atoms. The smallest absolute Gasteiger partial charge is 0.326 e. The van der Waals surface area contributed by atoms with E-state index in [4.69, 9.17) is 22.9 Å². The minimum atomic E-state index is -1.25. The molecule has 1 saturated heterocycles. The van der Waals surface area contributed by atoms with Crippen molar-refractivity contribution in [3.8, 4) is 5.75 Å². The van der Waals surface area contributed by atoms with Gasteiger partial charge in [0.1, 0.15) is 23.9 Å². The Kier molecular flexibility index (Phi) is 12.1. The quantitative estimate of drug-likeness (QED) is 0.0639. The van der Waals surface area contributed by atoms with E-state index in [9.17, 15) is 34.2 Å². The molecule has 1 aliphatic heterocycles. The third-order valence-corrected chi connectivity index (χ3v) is 6.42. The van der Waals surface area contributed by atoms with Crippen LogP contribution < -0.4 is 33.6 Å². The molecular formula is C25H38N8O7. The van der Waals surface area contributed by atoms with Gasteiger partial charge < -0.3 is 48.7 Å². The molecule has 0 saturated carbocycles. The average molecular weight is 563 g/mol. The maximum absolute atomic E-state index is 13.3. The molecule has 4 unspecified atom stereocenters. The number of benzene rings is 1. The zero-order valence-corrected chi connectivity index (χ0v) is 22.1. The predicted molar refractivity (Wildman–Crippen MR) is 144 cm³/mol. The van der Waals surface area contributed by atoms with E-state index in [-0.39, 0.29) is 63.3 Å². The molecule has 12 N–H and O–H groups in total. The highest BCUT2D eigenvalue weighted by molar-refractivity contribution is 5.94. The van der Waals surface area contributed by atoms with Gasteiger partial charge in [0.25, 0.3) is 0 Å². The highest BCUT2D eigenvalue weighted by Gasteiger charge is 2.38. The van der Waals surface area contributed by atoms with Crippen molar-refractivity contribution in [2.24, 2.45) is 27.9 Å². The maximum Gasteiger partial charge on any atom is 0.326 e. The zero-order chi connectivity index (χ0) is 29.8. The molecule has 15 nitrogen and oxygen atoms in total. The summed E-state index contributed by atoms with van der Waals surface area (Å²) >= 11 is 0. The second-order valence-electron chi connectivity index (χ2n) is 9.58. The van der Waals surface area contributed by atoms with Crippen LogP contribution in [0.2, 0.25) is 0 Å².